The molecule has 0 aliphatic carbocycles. The number of allylic oxidation sites excluding steroid dienone is 5. The molecule has 0 saturated carbocycles. The minimum Gasteiger partial charge on any atom is -0.340 e. The number of pyridine rings is 1. The Kier molecular flexibility index (Phi) is 4.72. The molecule has 0 spiro atoms. The fraction of sp³-hybridized carbons (Fsp3) is 0.105. The smallest absolute Gasteiger partial charge is 0.138 e. The van der Waals surface area contributed by atoms with E-state index >= 15 is 0 Å². The Labute approximate surface area is 126 Å². The van der Waals surface area contributed by atoms with E-state index in [1.807, 2.05) is 37.4 Å². The standard InChI is InChI=1S/C19H20N2/c1-5-14(3)8-10-17(6-2)21-19-18-13-15(4)7-9-16(18)11-12-20-19/h5-13H,1-2H2,3-4H3,(H,20,21)/b14-8+,17-10+. The van der Waals surface area contributed by atoms with Crippen molar-refractivity contribution in [2.75, 3.05) is 5.32 Å². The molecular weight excluding hydrogens is 256 g/mol. The molecule has 1 aromatic heterocycles. The first-order valence-electron chi connectivity index (χ1n) is 6.90. The molecular formula is C19H20N2. The lowest BCUT2D eigenvalue weighted by Gasteiger charge is -2.09. The quantitative estimate of drug-likeness (QED) is 0.763. The van der Waals surface area contributed by atoms with E-state index in [0.29, 0.717) is 0 Å². The summed E-state index contributed by atoms with van der Waals surface area (Å²) in [5.41, 5.74) is 3.21. The highest BCUT2D eigenvalue weighted by Crippen LogP contribution is 2.23. The maximum Gasteiger partial charge on any atom is 0.138 e. The van der Waals surface area contributed by atoms with Gasteiger partial charge in [0.05, 0.1) is 0 Å². The summed E-state index contributed by atoms with van der Waals surface area (Å²) in [5.74, 6) is 0.840. The lowest BCUT2D eigenvalue weighted by Crippen LogP contribution is -1.99. The maximum atomic E-state index is 4.44. The highest BCUT2D eigenvalue weighted by molar-refractivity contribution is 5.92. The molecule has 2 nitrogen and oxygen atoms in total. The van der Waals surface area contributed by atoms with Gasteiger partial charge in [0.15, 0.2) is 0 Å². The summed E-state index contributed by atoms with van der Waals surface area (Å²) in [4.78, 5) is 4.44. The zero-order chi connectivity index (χ0) is 15.2. The second-order valence-corrected chi connectivity index (χ2v) is 4.95. The van der Waals surface area contributed by atoms with Gasteiger partial charge in [-0.05, 0) is 43.5 Å². The van der Waals surface area contributed by atoms with E-state index < -0.39 is 0 Å². The topological polar surface area (TPSA) is 24.9 Å². The number of nitrogens with zero attached hydrogens (tertiary/aromatic N) is 1. The minimum absolute atomic E-state index is 0.840. The van der Waals surface area contributed by atoms with Gasteiger partial charge in [-0.2, -0.15) is 0 Å². The predicted octanol–water partition coefficient (Wildman–Crippen LogP) is 5.16. The van der Waals surface area contributed by atoms with E-state index in [1.54, 1.807) is 6.08 Å². The van der Waals surface area contributed by atoms with Crippen molar-refractivity contribution in [3.63, 3.8) is 0 Å². The number of rotatable bonds is 5. The Balaban J connectivity index is 2.40. The lowest BCUT2D eigenvalue weighted by molar-refractivity contribution is 1.31. The van der Waals surface area contributed by atoms with E-state index in [-0.39, 0.29) is 0 Å². The summed E-state index contributed by atoms with van der Waals surface area (Å²) in [5, 5.41) is 5.60. The van der Waals surface area contributed by atoms with Crippen molar-refractivity contribution in [1.29, 1.82) is 0 Å². The first-order chi connectivity index (χ1) is 10.1. The molecule has 1 heterocycles. The monoisotopic (exact) mass is 276 g/mol. The van der Waals surface area contributed by atoms with Gasteiger partial charge < -0.3 is 5.32 Å². The summed E-state index contributed by atoms with van der Waals surface area (Å²) in [6.07, 6.45) is 9.37. The molecule has 106 valence electrons. The summed E-state index contributed by atoms with van der Waals surface area (Å²) in [7, 11) is 0. The summed E-state index contributed by atoms with van der Waals surface area (Å²) in [6, 6.07) is 8.36. The fourth-order valence-corrected chi connectivity index (χ4v) is 1.97. The van der Waals surface area contributed by atoms with Gasteiger partial charge in [0, 0.05) is 17.3 Å². The van der Waals surface area contributed by atoms with Crippen molar-refractivity contribution < 1.29 is 0 Å². The summed E-state index contributed by atoms with van der Waals surface area (Å²) < 4.78 is 0. The van der Waals surface area contributed by atoms with E-state index in [9.17, 15) is 0 Å². The molecule has 0 radical (unpaired) electrons. The van der Waals surface area contributed by atoms with Gasteiger partial charge in [-0.15, -0.1) is 0 Å². The van der Waals surface area contributed by atoms with E-state index in [2.05, 4.69) is 48.6 Å². The first kappa shape index (κ1) is 14.8. The van der Waals surface area contributed by atoms with Crippen molar-refractivity contribution in [1.82, 2.24) is 4.98 Å². The highest BCUT2D eigenvalue weighted by Gasteiger charge is 2.03. The van der Waals surface area contributed by atoms with Crippen LogP contribution in [0.4, 0.5) is 5.82 Å². The first-order valence-corrected chi connectivity index (χ1v) is 6.90. The average molecular weight is 276 g/mol. The van der Waals surface area contributed by atoms with Crippen LogP contribution in [0, 0.1) is 6.92 Å². The molecule has 0 bridgehead atoms. The van der Waals surface area contributed by atoms with E-state index in [4.69, 9.17) is 0 Å². The van der Waals surface area contributed by atoms with Gasteiger partial charge in [0.25, 0.3) is 0 Å². The van der Waals surface area contributed by atoms with Crippen LogP contribution in [-0.4, -0.2) is 4.98 Å². The van der Waals surface area contributed by atoms with Crippen LogP contribution in [0.2, 0.25) is 0 Å². The third-order valence-electron chi connectivity index (χ3n) is 3.25. The third-order valence-corrected chi connectivity index (χ3v) is 3.25. The predicted molar refractivity (Wildman–Crippen MR) is 92.3 cm³/mol. The van der Waals surface area contributed by atoms with Crippen LogP contribution in [0.1, 0.15) is 12.5 Å². The highest BCUT2D eigenvalue weighted by atomic mass is 15.0. The van der Waals surface area contributed by atoms with Crippen LogP contribution in [0.3, 0.4) is 0 Å². The van der Waals surface area contributed by atoms with Gasteiger partial charge in [-0.1, -0.05) is 48.6 Å². The number of benzene rings is 1. The minimum atomic E-state index is 0.840. The fourth-order valence-electron chi connectivity index (χ4n) is 1.97. The Hall–Kier alpha value is -2.61. The molecule has 21 heavy (non-hydrogen) atoms. The Morgan fingerprint density at radius 3 is 2.67 bits per heavy atom. The van der Waals surface area contributed by atoms with Gasteiger partial charge in [0.1, 0.15) is 5.82 Å². The molecule has 1 aromatic carbocycles. The lowest BCUT2D eigenvalue weighted by atomic mass is 10.1. The van der Waals surface area contributed by atoms with Gasteiger partial charge in [-0.3, -0.25) is 0 Å². The summed E-state index contributed by atoms with van der Waals surface area (Å²) in [6.45, 7) is 11.7. The summed E-state index contributed by atoms with van der Waals surface area (Å²) >= 11 is 0. The number of hydrogen-bond acceptors (Lipinski definition) is 2. The zero-order valence-corrected chi connectivity index (χ0v) is 12.6. The third kappa shape index (κ3) is 3.69. The van der Waals surface area contributed by atoms with Crippen molar-refractivity contribution >= 4 is 16.6 Å². The van der Waals surface area contributed by atoms with Gasteiger partial charge >= 0.3 is 0 Å². The second-order valence-electron chi connectivity index (χ2n) is 4.95. The number of aromatic nitrogens is 1. The van der Waals surface area contributed by atoms with Crippen molar-refractivity contribution in [2.24, 2.45) is 0 Å². The number of hydrogen-bond donors (Lipinski definition) is 1. The Morgan fingerprint density at radius 2 is 1.95 bits per heavy atom. The normalized spacial score (nSPS) is 12.3. The molecule has 0 amide bonds. The molecule has 2 aromatic rings. The Morgan fingerprint density at radius 1 is 1.14 bits per heavy atom. The van der Waals surface area contributed by atoms with Gasteiger partial charge in [-0.25, -0.2) is 4.98 Å². The number of nitrogens with one attached hydrogen (secondary N) is 1. The van der Waals surface area contributed by atoms with Gasteiger partial charge in [0.2, 0.25) is 0 Å². The van der Waals surface area contributed by atoms with Crippen molar-refractivity contribution in [2.45, 2.75) is 13.8 Å². The number of aryl methyl sites for hydroxylation is 1. The van der Waals surface area contributed by atoms with Crippen molar-refractivity contribution in [3.05, 3.63) is 84.8 Å². The van der Waals surface area contributed by atoms with E-state index in [1.165, 1.54) is 10.9 Å². The Bertz CT molecular complexity index is 736. The molecule has 0 saturated heterocycles. The van der Waals surface area contributed by atoms with Crippen LogP contribution >= 0.6 is 0 Å². The molecule has 2 heteroatoms. The largest absolute Gasteiger partial charge is 0.340 e. The number of anilines is 1. The van der Waals surface area contributed by atoms with Crippen LogP contribution in [-0.2, 0) is 0 Å². The van der Waals surface area contributed by atoms with Crippen LogP contribution < -0.4 is 5.32 Å². The molecule has 1 N–H and O–H groups in total. The van der Waals surface area contributed by atoms with Crippen LogP contribution in [0.5, 0.6) is 0 Å². The average Bonchev–Trinajstić information content (AvgIpc) is 2.51. The molecule has 0 aliphatic rings. The molecule has 0 unspecified atom stereocenters. The SMILES string of the molecule is C=C/C(C)=C/C=C(\C=C)Nc1nccc2ccc(C)cc12. The second kappa shape index (κ2) is 6.71. The van der Waals surface area contributed by atoms with Crippen LogP contribution in [0.15, 0.2) is 79.2 Å². The molecule has 2 rings (SSSR count). The van der Waals surface area contributed by atoms with Crippen LogP contribution in [0.25, 0.3) is 10.8 Å². The van der Waals surface area contributed by atoms with E-state index in [0.717, 1.165) is 22.5 Å². The maximum absolute atomic E-state index is 4.44. The molecule has 0 fully saturated rings. The molecule has 0 atom stereocenters. The van der Waals surface area contributed by atoms with Crippen molar-refractivity contribution in [3.8, 4) is 0 Å². The zero-order valence-electron chi connectivity index (χ0n) is 12.6. The molecule has 0 aliphatic heterocycles. The number of fused-ring (bicyclic) bond motifs is 1.